The zero-order valence-electron chi connectivity index (χ0n) is 10.2. The van der Waals surface area contributed by atoms with Crippen molar-refractivity contribution in [2.24, 2.45) is 0 Å². The number of hydrogen-bond acceptors (Lipinski definition) is 3. The van der Waals surface area contributed by atoms with Gasteiger partial charge >= 0.3 is 12.0 Å². The zero-order chi connectivity index (χ0) is 13.5. The average Bonchev–Trinajstić information content (AvgIpc) is 2.37. The number of nitrogens with one attached hydrogen (secondary N) is 2. The molecule has 0 spiro atoms. The van der Waals surface area contributed by atoms with Gasteiger partial charge in [0.2, 0.25) is 0 Å². The monoisotopic (exact) mass is 270 g/mol. The highest BCUT2D eigenvalue weighted by atomic mass is 35.5. The van der Waals surface area contributed by atoms with Gasteiger partial charge in [-0.2, -0.15) is 0 Å². The summed E-state index contributed by atoms with van der Waals surface area (Å²) >= 11 is 5.73. The van der Waals surface area contributed by atoms with E-state index < -0.39 is 18.0 Å². The molecular formula is C12H15ClN2O3. The maximum atomic E-state index is 11.6. The normalized spacial score (nSPS) is 11.5. The first kappa shape index (κ1) is 14.3. The fraction of sp³-hybridized carbons (Fsp3) is 0.333. The SMILES string of the molecule is CCC(NC(=O)Nc1ccc(Cl)cc1)C(=O)OC. The summed E-state index contributed by atoms with van der Waals surface area (Å²) in [5.41, 5.74) is 0.594. The van der Waals surface area contributed by atoms with Gasteiger partial charge in [-0.1, -0.05) is 18.5 Å². The highest BCUT2D eigenvalue weighted by molar-refractivity contribution is 6.30. The number of esters is 1. The van der Waals surface area contributed by atoms with Crippen molar-refractivity contribution in [3.63, 3.8) is 0 Å². The molecule has 0 aliphatic rings. The molecule has 1 rings (SSSR count). The first-order valence-corrected chi connectivity index (χ1v) is 5.85. The molecule has 0 fully saturated rings. The third-order valence-corrected chi connectivity index (χ3v) is 2.55. The standard InChI is InChI=1S/C12H15ClN2O3/c1-3-10(11(16)18-2)15-12(17)14-9-6-4-8(13)5-7-9/h4-7,10H,3H2,1-2H3,(H2,14,15,17). The van der Waals surface area contributed by atoms with Crippen LogP contribution in [0.1, 0.15) is 13.3 Å². The molecule has 18 heavy (non-hydrogen) atoms. The fourth-order valence-corrected chi connectivity index (χ4v) is 1.45. The molecule has 1 aromatic carbocycles. The van der Waals surface area contributed by atoms with Crippen LogP contribution < -0.4 is 10.6 Å². The number of urea groups is 1. The molecule has 5 nitrogen and oxygen atoms in total. The van der Waals surface area contributed by atoms with Crippen LogP contribution in [0.15, 0.2) is 24.3 Å². The Balaban J connectivity index is 2.55. The summed E-state index contributed by atoms with van der Waals surface area (Å²) in [6.45, 7) is 1.78. The summed E-state index contributed by atoms with van der Waals surface area (Å²) in [5.74, 6) is -0.469. The number of halogens is 1. The number of amides is 2. The molecular weight excluding hydrogens is 256 g/mol. The quantitative estimate of drug-likeness (QED) is 0.826. The van der Waals surface area contributed by atoms with E-state index in [0.717, 1.165) is 0 Å². The van der Waals surface area contributed by atoms with E-state index >= 15 is 0 Å². The van der Waals surface area contributed by atoms with Crippen molar-refractivity contribution in [3.8, 4) is 0 Å². The topological polar surface area (TPSA) is 67.4 Å². The molecule has 1 aromatic rings. The van der Waals surface area contributed by atoms with Crippen LogP contribution in [0.4, 0.5) is 10.5 Å². The van der Waals surface area contributed by atoms with Crippen LogP contribution in [-0.4, -0.2) is 25.2 Å². The molecule has 0 aliphatic carbocycles. The Morgan fingerprint density at radius 1 is 1.33 bits per heavy atom. The van der Waals surface area contributed by atoms with Crippen molar-refractivity contribution in [2.75, 3.05) is 12.4 Å². The van der Waals surface area contributed by atoms with E-state index in [0.29, 0.717) is 17.1 Å². The Hall–Kier alpha value is -1.75. The molecule has 0 heterocycles. The second kappa shape index (κ2) is 6.86. The maximum Gasteiger partial charge on any atom is 0.328 e. The van der Waals surface area contributed by atoms with Crippen molar-refractivity contribution < 1.29 is 14.3 Å². The van der Waals surface area contributed by atoms with E-state index in [1.165, 1.54) is 7.11 Å². The van der Waals surface area contributed by atoms with Gasteiger partial charge in [-0.3, -0.25) is 0 Å². The van der Waals surface area contributed by atoms with Crippen LogP contribution in [0, 0.1) is 0 Å². The zero-order valence-corrected chi connectivity index (χ0v) is 11.0. The average molecular weight is 271 g/mol. The molecule has 1 atom stereocenters. The van der Waals surface area contributed by atoms with Crippen molar-refractivity contribution in [1.82, 2.24) is 5.32 Å². The number of rotatable bonds is 4. The second-order valence-corrected chi connectivity index (χ2v) is 4.03. The number of ether oxygens (including phenoxy) is 1. The van der Waals surface area contributed by atoms with Crippen molar-refractivity contribution in [1.29, 1.82) is 0 Å². The Morgan fingerprint density at radius 2 is 1.94 bits per heavy atom. The number of anilines is 1. The Morgan fingerprint density at radius 3 is 2.44 bits per heavy atom. The molecule has 0 aliphatic heterocycles. The van der Waals surface area contributed by atoms with Crippen molar-refractivity contribution >= 4 is 29.3 Å². The van der Waals surface area contributed by atoms with Crippen LogP contribution in [0.2, 0.25) is 5.02 Å². The Kier molecular flexibility index (Phi) is 5.45. The summed E-state index contributed by atoms with van der Waals surface area (Å²) in [7, 11) is 1.28. The minimum absolute atomic E-state index is 0.459. The highest BCUT2D eigenvalue weighted by Gasteiger charge is 2.18. The molecule has 1 unspecified atom stereocenters. The number of carbonyl (C=O) groups excluding carboxylic acids is 2. The lowest BCUT2D eigenvalue weighted by Gasteiger charge is -2.15. The van der Waals surface area contributed by atoms with E-state index in [1.54, 1.807) is 31.2 Å². The molecule has 0 bridgehead atoms. The van der Waals surface area contributed by atoms with E-state index in [4.69, 9.17) is 11.6 Å². The van der Waals surface area contributed by atoms with Crippen LogP contribution in [0.5, 0.6) is 0 Å². The molecule has 2 amide bonds. The van der Waals surface area contributed by atoms with Gasteiger partial charge in [0.25, 0.3) is 0 Å². The largest absolute Gasteiger partial charge is 0.467 e. The van der Waals surface area contributed by atoms with Crippen LogP contribution >= 0.6 is 11.6 Å². The first-order valence-electron chi connectivity index (χ1n) is 5.47. The van der Waals surface area contributed by atoms with Crippen LogP contribution in [0.3, 0.4) is 0 Å². The van der Waals surface area contributed by atoms with Gasteiger partial charge in [0, 0.05) is 10.7 Å². The number of hydrogen-bond donors (Lipinski definition) is 2. The highest BCUT2D eigenvalue weighted by Crippen LogP contribution is 2.13. The third-order valence-electron chi connectivity index (χ3n) is 2.30. The second-order valence-electron chi connectivity index (χ2n) is 3.59. The van der Waals surface area contributed by atoms with Gasteiger partial charge in [-0.15, -0.1) is 0 Å². The Labute approximate surface area is 110 Å². The van der Waals surface area contributed by atoms with Gasteiger partial charge in [0.15, 0.2) is 0 Å². The molecule has 98 valence electrons. The molecule has 0 aromatic heterocycles. The van der Waals surface area contributed by atoms with Crippen LogP contribution in [-0.2, 0) is 9.53 Å². The van der Waals surface area contributed by atoms with Gasteiger partial charge < -0.3 is 15.4 Å². The van der Waals surface area contributed by atoms with E-state index in [1.807, 2.05) is 0 Å². The smallest absolute Gasteiger partial charge is 0.328 e. The van der Waals surface area contributed by atoms with Gasteiger partial charge in [-0.05, 0) is 30.7 Å². The van der Waals surface area contributed by atoms with Crippen molar-refractivity contribution in [2.45, 2.75) is 19.4 Å². The molecule has 2 N–H and O–H groups in total. The minimum Gasteiger partial charge on any atom is -0.467 e. The van der Waals surface area contributed by atoms with Gasteiger partial charge in [-0.25, -0.2) is 9.59 Å². The van der Waals surface area contributed by atoms with Crippen LogP contribution in [0.25, 0.3) is 0 Å². The summed E-state index contributed by atoms with van der Waals surface area (Å²) < 4.78 is 4.57. The minimum atomic E-state index is -0.651. The fourth-order valence-electron chi connectivity index (χ4n) is 1.33. The summed E-state index contributed by atoms with van der Waals surface area (Å²) in [5, 5.41) is 5.70. The molecule has 0 saturated heterocycles. The molecule has 0 radical (unpaired) electrons. The third kappa shape index (κ3) is 4.25. The summed E-state index contributed by atoms with van der Waals surface area (Å²) in [6, 6.07) is 5.54. The van der Waals surface area contributed by atoms with Gasteiger partial charge in [0.1, 0.15) is 6.04 Å². The summed E-state index contributed by atoms with van der Waals surface area (Å²) in [4.78, 5) is 22.9. The lowest BCUT2D eigenvalue weighted by atomic mass is 10.2. The maximum absolute atomic E-state index is 11.6. The van der Waals surface area contributed by atoms with Crippen molar-refractivity contribution in [3.05, 3.63) is 29.3 Å². The number of benzene rings is 1. The molecule has 6 heteroatoms. The lowest BCUT2D eigenvalue weighted by Crippen LogP contribution is -2.43. The predicted molar refractivity (Wildman–Crippen MR) is 69.7 cm³/mol. The van der Waals surface area contributed by atoms with E-state index in [9.17, 15) is 9.59 Å². The number of methoxy groups -OCH3 is 1. The first-order chi connectivity index (χ1) is 8.56. The van der Waals surface area contributed by atoms with Gasteiger partial charge in [0.05, 0.1) is 7.11 Å². The Bertz CT molecular complexity index is 420. The number of carbonyl (C=O) groups is 2. The van der Waals surface area contributed by atoms with E-state index in [2.05, 4.69) is 15.4 Å². The molecule has 0 saturated carbocycles. The van der Waals surface area contributed by atoms with E-state index in [-0.39, 0.29) is 0 Å². The summed E-state index contributed by atoms with van der Waals surface area (Å²) in [6.07, 6.45) is 0.459. The predicted octanol–water partition coefficient (Wildman–Crippen LogP) is 2.41. The lowest BCUT2D eigenvalue weighted by molar-refractivity contribution is -0.142.